The molecule has 2 fully saturated rings. The van der Waals surface area contributed by atoms with Gasteiger partial charge in [-0.05, 0) is 0 Å². The molecule has 7 N–H and O–H groups in total. The smallest absolute Gasteiger partial charge is 0.172 e. The Morgan fingerprint density at radius 1 is 0.792 bits per heavy atom. The second-order valence-corrected chi connectivity index (χ2v) is 7.02. The largest absolute Gasteiger partial charge is 0.394 e. The van der Waals surface area contributed by atoms with E-state index in [2.05, 4.69) is 0 Å². The van der Waals surface area contributed by atoms with Crippen molar-refractivity contribution in [1.82, 2.24) is 0 Å². The molecule has 10 atom stereocenters. The SMILES string of the molecule is CO[C@H]1O[C@@H](CO)[C@@H](O)[C@@H](O)[C@H]1S[C@H]1O[C@@H](CO)[C@@H](O)[C@@H](O)[C@H]1O. The van der Waals surface area contributed by atoms with E-state index in [1.54, 1.807) is 0 Å². The highest BCUT2D eigenvalue weighted by Crippen LogP contribution is 2.37. The Morgan fingerprint density at radius 2 is 1.33 bits per heavy atom. The van der Waals surface area contributed by atoms with Crippen LogP contribution in [-0.4, -0.2) is 116 Å². The number of hydrogen-bond donors (Lipinski definition) is 7. The van der Waals surface area contributed by atoms with Crippen LogP contribution in [0.1, 0.15) is 0 Å². The highest BCUT2D eigenvalue weighted by atomic mass is 32.2. The lowest BCUT2D eigenvalue weighted by Crippen LogP contribution is -2.61. The van der Waals surface area contributed by atoms with E-state index in [0.717, 1.165) is 11.8 Å². The van der Waals surface area contributed by atoms with Crippen LogP contribution in [0, 0.1) is 0 Å². The van der Waals surface area contributed by atoms with Gasteiger partial charge in [-0.3, -0.25) is 0 Å². The summed E-state index contributed by atoms with van der Waals surface area (Å²) in [6.45, 7) is -1.09. The average molecular weight is 372 g/mol. The number of rotatable bonds is 5. The lowest BCUT2D eigenvalue weighted by molar-refractivity contribution is -0.245. The monoisotopic (exact) mass is 372 g/mol. The van der Waals surface area contributed by atoms with E-state index in [-0.39, 0.29) is 0 Å². The van der Waals surface area contributed by atoms with E-state index >= 15 is 0 Å². The molecule has 0 amide bonds. The third kappa shape index (κ3) is 3.86. The number of methoxy groups -OCH3 is 1. The topological polar surface area (TPSA) is 169 Å². The maximum atomic E-state index is 10.3. The second kappa shape index (κ2) is 8.56. The standard InChI is InChI=1S/C13H24O10S/c1-21-12-11(9(19)7(17)4(2-14)22-12)24-13-10(20)8(18)6(16)5(3-15)23-13/h4-20H,2-3H2,1H3/t4-,5-,6+,7+,8+,9+,10+,11+,12-,13+/m0/s1. The van der Waals surface area contributed by atoms with E-state index in [1.807, 2.05) is 0 Å². The fourth-order valence-corrected chi connectivity index (χ4v) is 4.19. The molecule has 2 aliphatic rings. The van der Waals surface area contributed by atoms with E-state index in [1.165, 1.54) is 7.11 Å². The first-order chi connectivity index (χ1) is 11.3. The van der Waals surface area contributed by atoms with Gasteiger partial charge in [0.15, 0.2) is 6.29 Å². The fraction of sp³-hybridized carbons (Fsp3) is 1.00. The van der Waals surface area contributed by atoms with Crippen molar-refractivity contribution in [3.8, 4) is 0 Å². The molecule has 0 aromatic carbocycles. The Balaban J connectivity index is 2.12. The van der Waals surface area contributed by atoms with Crippen LogP contribution < -0.4 is 0 Å². The van der Waals surface area contributed by atoms with Gasteiger partial charge < -0.3 is 50.0 Å². The first-order valence-electron chi connectivity index (χ1n) is 7.46. The van der Waals surface area contributed by atoms with Crippen molar-refractivity contribution < 1.29 is 50.0 Å². The zero-order chi connectivity index (χ0) is 18.0. The van der Waals surface area contributed by atoms with Crippen molar-refractivity contribution in [2.75, 3.05) is 20.3 Å². The Bertz CT molecular complexity index is 397. The van der Waals surface area contributed by atoms with Gasteiger partial charge in [-0.2, -0.15) is 0 Å². The maximum Gasteiger partial charge on any atom is 0.172 e. The lowest BCUT2D eigenvalue weighted by Gasteiger charge is -2.45. The van der Waals surface area contributed by atoms with Gasteiger partial charge in [0.2, 0.25) is 0 Å². The van der Waals surface area contributed by atoms with Gasteiger partial charge in [-0.1, -0.05) is 0 Å². The first kappa shape index (κ1) is 20.3. The zero-order valence-electron chi connectivity index (χ0n) is 13.0. The molecule has 142 valence electrons. The van der Waals surface area contributed by atoms with Gasteiger partial charge in [0.1, 0.15) is 42.1 Å². The van der Waals surface area contributed by atoms with Crippen molar-refractivity contribution in [3.05, 3.63) is 0 Å². The van der Waals surface area contributed by atoms with E-state index in [0.29, 0.717) is 0 Å². The molecular weight excluding hydrogens is 348 g/mol. The van der Waals surface area contributed by atoms with Crippen LogP contribution in [0.5, 0.6) is 0 Å². The molecule has 0 spiro atoms. The summed E-state index contributed by atoms with van der Waals surface area (Å²) in [5, 5.41) is 67.3. The van der Waals surface area contributed by atoms with Crippen LogP contribution in [0.3, 0.4) is 0 Å². The molecule has 2 rings (SSSR count). The molecule has 2 heterocycles. The number of thioether (sulfide) groups is 1. The van der Waals surface area contributed by atoms with E-state index in [9.17, 15) is 30.6 Å². The Hall–Kier alpha value is -0.0500. The minimum Gasteiger partial charge on any atom is -0.394 e. The summed E-state index contributed by atoms with van der Waals surface area (Å²) in [5.74, 6) is 0. The predicted octanol–water partition coefficient (Wildman–Crippen LogP) is -4.03. The minimum atomic E-state index is -1.55. The Morgan fingerprint density at radius 3 is 1.88 bits per heavy atom. The van der Waals surface area contributed by atoms with Crippen molar-refractivity contribution >= 4 is 11.8 Å². The quantitative estimate of drug-likeness (QED) is 0.251. The van der Waals surface area contributed by atoms with Crippen LogP contribution in [0.2, 0.25) is 0 Å². The zero-order valence-corrected chi connectivity index (χ0v) is 13.8. The minimum absolute atomic E-state index is 0.518. The molecule has 2 aliphatic heterocycles. The van der Waals surface area contributed by atoms with Crippen LogP contribution in [0.25, 0.3) is 0 Å². The molecule has 0 unspecified atom stereocenters. The molecule has 2 saturated heterocycles. The molecule has 0 saturated carbocycles. The summed E-state index contributed by atoms with van der Waals surface area (Å²) in [6, 6.07) is 0. The van der Waals surface area contributed by atoms with Gasteiger partial charge in [0.05, 0.1) is 24.6 Å². The van der Waals surface area contributed by atoms with Crippen molar-refractivity contribution in [1.29, 1.82) is 0 Å². The summed E-state index contributed by atoms with van der Waals surface area (Å²) < 4.78 is 15.8. The van der Waals surface area contributed by atoms with Crippen molar-refractivity contribution in [2.24, 2.45) is 0 Å². The lowest BCUT2D eigenvalue weighted by atomic mass is 10.0. The third-order valence-corrected chi connectivity index (χ3v) is 5.67. The number of hydrogen-bond acceptors (Lipinski definition) is 11. The molecule has 0 radical (unpaired) electrons. The van der Waals surface area contributed by atoms with Gasteiger partial charge in [0, 0.05) is 7.11 Å². The van der Waals surface area contributed by atoms with Crippen LogP contribution in [0.4, 0.5) is 0 Å². The van der Waals surface area contributed by atoms with Gasteiger partial charge in [0.25, 0.3) is 0 Å². The molecule has 0 aliphatic carbocycles. The molecular formula is C13H24O10S. The van der Waals surface area contributed by atoms with Crippen LogP contribution in [-0.2, 0) is 14.2 Å². The highest BCUT2D eigenvalue weighted by Gasteiger charge is 2.50. The normalized spacial score (nSPS) is 50.0. The van der Waals surface area contributed by atoms with Gasteiger partial charge in [-0.25, -0.2) is 0 Å². The van der Waals surface area contributed by atoms with Gasteiger partial charge >= 0.3 is 0 Å². The average Bonchev–Trinajstić information content (AvgIpc) is 2.59. The third-order valence-electron chi connectivity index (χ3n) is 4.20. The highest BCUT2D eigenvalue weighted by molar-refractivity contribution is 8.00. The second-order valence-electron chi connectivity index (χ2n) is 5.74. The number of ether oxygens (including phenoxy) is 3. The Kier molecular flexibility index (Phi) is 7.22. The molecule has 0 bridgehead atoms. The van der Waals surface area contributed by atoms with Crippen molar-refractivity contribution in [2.45, 2.75) is 59.7 Å². The van der Waals surface area contributed by atoms with E-state index in [4.69, 9.17) is 19.3 Å². The summed E-state index contributed by atoms with van der Waals surface area (Å²) in [6.07, 6.45) is -10.4. The summed E-state index contributed by atoms with van der Waals surface area (Å²) in [4.78, 5) is 0. The molecule has 0 aromatic rings. The molecule has 10 nitrogen and oxygen atoms in total. The first-order valence-corrected chi connectivity index (χ1v) is 8.41. The molecule has 11 heteroatoms. The number of aliphatic hydroxyl groups excluding tert-OH is 7. The molecule has 0 aromatic heterocycles. The Labute approximate surface area is 142 Å². The van der Waals surface area contributed by atoms with E-state index < -0.39 is 72.9 Å². The number of aliphatic hydroxyl groups is 7. The summed E-state index contributed by atoms with van der Waals surface area (Å²) >= 11 is 0.835. The summed E-state index contributed by atoms with van der Waals surface area (Å²) in [5.41, 5.74) is -1.11. The predicted molar refractivity (Wildman–Crippen MR) is 79.9 cm³/mol. The van der Waals surface area contributed by atoms with Crippen LogP contribution >= 0.6 is 11.8 Å². The fourth-order valence-electron chi connectivity index (χ4n) is 2.73. The molecule has 24 heavy (non-hydrogen) atoms. The maximum absolute atomic E-state index is 10.3. The summed E-state index contributed by atoms with van der Waals surface area (Å²) in [7, 11) is 1.31. The van der Waals surface area contributed by atoms with Crippen LogP contribution in [0.15, 0.2) is 0 Å². The van der Waals surface area contributed by atoms with Gasteiger partial charge in [-0.15, -0.1) is 11.8 Å². The van der Waals surface area contributed by atoms with Crippen molar-refractivity contribution in [3.63, 3.8) is 0 Å².